The van der Waals surface area contributed by atoms with E-state index in [1.54, 1.807) is 30.3 Å². The monoisotopic (exact) mass is 302 g/mol. The zero-order chi connectivity index (χ0) is 15.6. The number of Topliss-reactive ketones (excluding diaryl/α,β-unsaturated/α-hetero) is 1. The first kappa shape index (κ1) is 15.4. The summed E-state index contributed by atoms with van der Waals surface area (Å²) in [7, 11) is -3.66. The normalized spacial score (nSPS) is 12.9. The minimum absolute atomic E-state index is 0.176. The maximum absolute atomic E-state index is 12.5. The predicted molar refractivity (Wildman–Crippen MR) is 83.3 cm³/mol. The molecule has 21 heavy (non-hydrogen) atoms. The summed E-state index contributed by atoms with van der Waals surface area (Å²) < 4.78 is 25.0. The highest BCUT2D eigenvalue weighted by Crippen LogP contribution is 2.20. The molecule has 0 aliphatic heterocycles. The Morgan fingerprint density at radius 3 is 2.14 bits per heavy atom. The Morgan fingerprint density at radius 1 is 0.952 bits per heavy atom. The van der Waals surface area contributed by atoms with Crippen LogP contribution in [0.1, 0.15) is 28.4 Å². The number of rotatable bonds is 4. The molecule has 0 fully saturated rings. The van der Waals surface area contributed by atoms with Crippen LogP contribution in [0, 0.1) is 13.8 Å². The van der Waals surface area contributed by atoms with E-state index in [1.165, 1.54) is 19.1 Å². The number of carbonyl (C=O) groups is 1. The average Bonchev–Trinajstić information content (AvgIpc) is 2.49. The first-order valence-corrected chi connectivity index (χ1v) is 8.29. The fourth-order valence-electron chi connectivity index (χ4n) is 2.08. The Labute approximate surface area is 125 Å². The zero-order valence-electron chi connectivity index (χ0n) is 12.3. The lowest BCUT2D eigenvalue weighted by molar-refractivity contribution is 0.0991. The molecule has 4 heteroatoms. The summed E-state index contributed by atoms with van der Waals surface area (Å²) in [5.74, 6) is -0.373. The fraction of sp³-hybridized carbons (Fsp3) is 0.235. The quantitative estimate of drug-likeness (QED) is 0.814. The number of benzene rings is 2. The van der Waals surface area contributed by atoms with Crippen LogP contribution in [0.4, 0.5) is 0 Å². The molecule has 0 heterocycles. The molecular weight excluding hydrogens is 284 g/mol. The highest BCUT2D eigenvalue weighted by Gasteiger charge is 2.30. The SMILES string of the molecule is Cc1ccc(C(=O)C(C)S(=O)(=O)c2ccccc2)cc1C. The second kappa shape index (κ2) is 5.82. The molecule has 2 aromatic carbocycles. The van der Waals surface area contributed by atoms with Gasteiger partial charge in [0, 0.05) is 5.56 Å². The van der Waals surface area contributed by atoms with Gasteiger partial charge in [0.1, 0.15) is 5.25 Å². The molecule has 110 valence electrons. The van der Waals surface area contributed by atoms with Crippen LogP contribution in [0.15, 0.2) is 53.4 Å². The van der Waals surface area contributed by atoms with Crippen molar-refractivity contribution >= 4 is 15.6 Å². The smallest absolute Gasteiger partial charge is 0.188 e. The molecule has 0 N–H and O–H groups in total. The first-order chi connectivity index (χ1) is 9.84. The lowest BCUT2D eigenvalue weighted by Gasteiger charge is -2.13. The van der Waals surface area contributed by atoms with Crippen LogP contribution in [0.5, 0.6) is 0 Å². The van der Waals surface area contributed by atoms with Gasteiger partial charge in [-0.3, -0.25) is 4.79 Å². The highest BCUT2D eigenvalue weighted by molar-refractivity contribution is 7.92. The van der Waals surface area contributed by atoms with Gasteiger partial charge >= 0.3 is 0 Å². The van der Waals surface area contributed by atoms with Crippen molar-refractivity contribution in [3.8, 4) is 0 Å². The van der Waals surface area contributed by atoms with Crippen LogP contribution in [-0.4, -0.2) is 19.5 Å². The summed E-state index contributed by atoms with van der Waals surface area (Å²) in [6.07, 6.45) is 0. The number of hydrogen-bond donors (Lipinski definition) is 0. The van der Waals surface area contributed by atoms with Crippen LogP contribution >= 0.6 is 0 Å². The molecule has 2 aromatic rings. The second-order valence-corrected chi connectivity index (χ2v) is 7.43. The van der Waals surface area contributed by atoms with Crippen molar-refractivity contribution in [3.63, 3.8) is 0 Å². The molecule has 0 aliphatic rings. The van der Waals surface area contributed by atoms with Gasteiger partial charge in [0.05, 0.1) is 4.90 Å². The first-order valence-electron chi connectivity index (χ1n) is 6.74. The topological polar surface area (TPSA) is 51.2 Å². The largest absolute Gasteiger partial charge is 0.293 e. The van der Waals surface area contributed by atoms with E-state index >= 15 is 0 Å². The van der Waals surface area contributed by atoms with Crippen molar-refractivity contribution in [2.75, 3.05) is 0 Å². The van der Waals surface area contributed by atoms with Crippen LogP contribution in [0.25, 0.3) is 0 Å². The molecule has 0 saturated heterocycles. The molecule has 2 rings (SSSR count). The number of ketones is 1. The summed E-state index contributed by atoms with van der Waals surface area (Å²) in [5.41, 5.74) is 2.49. The van der Waals surface area contributed by atoms with E-state index in [1.807, 2.05) is 19.9 Å². The zero-order valence-corrected chi connectivity index (χ0v) is 13.1. The van der Waals surface area contributed by atoms with Gasteiger partial charge in [0.25, 0.3) is 0 Å². The van der Waals surface area contributed by atoms with Gasteiger partial charge < -0.3 is 0 Å². The average molecular weight is 302 g/mol. The van der Waals surface area contributed by atoms with Crippen molar-refractivity contribution in [2.45, 2.75) is 30.9 Å². The summed E-state index contributed by atoms with van der Waals surface area (Å²) in [6, 6.07) is 13.3. The van der Waals surface area contributed by atoms with Crippen LogP contribution < -0.4 is 0 Å². The third-order valence-electron chi connectivity index (χ3n) is 3.70. The maximum Gasteiger partial charge on any atom is 0.188 e. The summed E-state index contributed by atoms with van der Waals surface area (Å²) in [6.45, 7) is 5.30. The second-order valence-electron chi connectivity index (χ2n) is 5.16. The van der Waals surface area contributed by atoms with Crippen molar-refractivity contribution in [1.82, 2.24) is 0 Å². The molecule has 0 aromatic heterocycles. The Kier molecular flexibility index (Phi) is 4.28. The Balaban J connectivity index is 2.37. The van der Waals surface area contributed by atoms with Gasteiger partial charge in [-0.15, -0.1) is 0 Å². The predicted octanol–water partition coefficient (Wildman–Crippen LogP) is 3.35. The molecule has 0 saturated carbocycles. The molecule has 3 nitrogen and oxygen atoms in total. The molecule has 0 aliphatic carbocycles. The van der Waals surface area contributed by atoms with Gasteiger partial charge in [-0.05, 0) is 50.1 Å². The van der Waals surface area contributed by atoms with Crippen LogP contribution in [-0.2, 0) is 9.84 Å². The van der Waals surface area contributed by atoms with E-state index in [9.17, 15) is 13.2 Å². The van der Waals surface area contributed by atoms with Gasteiger partial charge in [-0.25, -0.2) is 8.42 Å². The van der Waals surface area contributed by atoms with Gasteiger partial charge in [0.2, 0.25) is 0 Å². The van der Waals surface area contributed by atoms with Gasteiger partial charge in [-0.2, -0.15) is 0 Å². The molecule has 0 amide bonds. The maximum atomic E-state index is 12.5. The van der Waals surface area contributed by atoms with Crippen molar-refractivity contribution in [2.24, 2.45) is 0 Å². The summed E-state index contributed by atoms with van der Waals surface area (Å²) in [4.78, 5) is 12.6. The lowest BCUT2D eigenvalue weighted by Crippen LogP contribution is -2.27. The van der Waals surface area contributed by atoms with Gasteiger partial charge in [0.15, 0.2) is 15.6 Å². The number of aryl methyl sites for hydroxylation is 2. The van der Waals surface area contributed by atoms with E-state index in [0.29, 0.717) is 5.56 Å². The minimum atomic E-state index is -3.66. The molecule has 0 radical (unpaired) electrons. The molecule has 1 atom stereocenters. The van der Waals surface area contributed by atoms with Crippen LogP contribution in [0.2, 0.25) is 0 Å². The van der Waals surface area contributed by atoms with E-state index in [4.69, 9.17) is 0 Å². The lowest BCUT2D eigenvalue weighted by atomic mass is 10.0. The number of carbonyl (C=O) groups excluding carboxylic acids is 1. The Hall–Kier alpha value is -1.94. The summed E-state index contributed by atoms with van der Waals surface area (Å²) in [5, 5.41) is -1.10. The van der Waals surface area contributed by atoms with E-state index in [-0.39, 0.29) is 10.7 Å². The Bertz CT molecular complexity index is 762. The molecular formula is C17H18O3S. The molecule has 1 unspecified atom stereocenters. The summed E-state index contributed by atoms with van der Waals surface area (Å²) >= 11 is 0. The van der Waals surface area contributed by atoms with Crippen molar-refractivity contribution in [1.29, 1.82) is 0 Å². The minimum Gasteiger partial charge on any atom is -0.293 e. The highest BCUT2D eigenvalue weighted by atomic mass is 32.2. The Morgan fingerprint density at radius 2 is 1.57 bits per heavy atom. The van der Waals surface area contributed by atoms with Crippen LogP contribution in [0.3, 0.4) is 0 Å². The molecule has 0 spiro atoms. The molecule has 0 bridgehead atoms. The standard InChI is InChI=1S/C17H18O3S/c1-12-9-10-15(11-13(12)2)17(18)14(3)21(19,20)16-7-5-4-6-8-16/h4-11,14H,1-3H3. The van der Waals surface area contributed by atoms with E-state index in [2.05, 4.69) is 0 Å². The number of hydrogen-bond acceptors (Lipinski definition) is 3. The third-order valence-corrected chi connectivity index (χ3v) is 5.77. The van der Waals surface area contributed by atoms with Crippen molar-refractivity contribution in [3.05, 3.63) is 65.2 Å². The van der Waals surface area contributed by atoms with Crippen molar-refractivity contribution < 1.29 is 13.2 Å². The number of sulfone groups is 1. The van der Waals surface area contributed by atoms with E-state index < -0.39 is 15.1 Å². The van der Waals surface area contributed by atoms with E-state index in [0.717, 1.165) is 11.1 Å². The fourth-order valence-corrected chi connectivity index (χ4v) is 3.45. The third kappa shape index (κ3) is 3.05. The van der Waals surface area contributed by atoms with Gasteiger partial charge in [-0.1, -0.05) is 30.3 Å².